The predicted molar refractivity (Wildman–Crippen MR) is 35.5 cm³/mol. The first-order valence-electron chi connectivity index (χ1n) is 3.74. The van der Waals surface area contributed by atoms with Crippen molar-refractivity contribution in [3.05, 3.63) is 23.9 Å². The van der Waals surface area contributed by atoms with E-state index < -0.39 is 6.88 Å². The summed E-state index contributed by atoms with van der Waals surface area (Å²) in [5.74, 6) is 0.509. The van der Waals surface area contributed by atoms with Crippen molar-refractivity contribution >= 4 is 0 Å². The standard InChI is InChI=1S/C7H9NO/c1-6-3-4-7(9-2)8-5-6/h3-5H,1-2H3/i1D2. The summed E-state index contributed by atoms with van der Waals surface area (Å²) < 4.78 is 18.9. The van der Waals surface area contributed by atoms with E-state index in [0.717, 1.165) is 0 Å². The van der Waals surface area contributed by atoms with E-state index in [1.54, 1.807) is 12.1 Å². The summed E-state index contributed by atoms with van der Waals surface area (Å²) >= 11 is 0. The Labute approximate surface area is 57.3 Å². The van der Waals surface area contributed by atoms with Crippen LogP contribution in [0, 0.1) is 6.88 Å². The van der Waals surface area contributed by atoms with Crippen molar-refractivity contribution in [3.8, 4) is 5.88 Å². The smallest absolute Gasteiger partial charge is 0.212 e. The van der Waals surface area contributed by atoms with Crippen LogP contribution >= 0.6 is 0 Å². The second-order valence-corrected chi connectivity index (χ2v) is 1.63. The average molecular weight is 125 g/mol. The minimum atomic E-state index is -0.964. The first-order chi connectivity index (χ1) is 5.24. The Balaban J connectivity index is 2.83. The molecule has 0 N–H and O–H groups in total. The molecule has 2 heteroatoms. The van der Waals surface area contributed by atoms with Crippen molar-refractivity contribution in [1.29, 1.82) is 0 Å². The van der Waals surface area contributed by atoms with Gasteiger partial charge in [0.25, 0.3) is 0 Å². The van der Waals surface area contributed by atoms with Crippen molar-refractivity contribution in [2.45, 2.75) is 6.88 Å². The maximum Gasteiger partial charge on any atom is 0.212 e. The Kier molecular flexibility index (Phi) is 1.07. The molecule has 0 saturated carbocycles. The summed E-state index contributed by atoms with van der Waals surface area (Å²) in [6.45, 7) is -0.964. The van der Waals surface area contributed by atoms with Gasteiger partial charge < -0.3 is 4.74 Å². The molecule has 1 heterocycles. The topological polar surface area (TPSA) is 22.1 Å². The van der Waals surface area contributed by atoms with Gasteiger partial charge in [-0.3, -0.25) is 0 Å². The van der Waals surface area contributed by atoms with Gasteiger partial charge in [0.15, 0.2) is 0 Å². The third-order valence-electron chi connectivity index (χ3n) is 0.968. The molecule has 0 atom stereocenters. The lowest BCUT2D eigenvalue weighted by molar-refractivity contribution is 0.397. The highest BCUT2D eigenvalue weighted by Crippen LogP contribution is 2.04. The first kappa shape index (κ1) is 3.88. The number of ether oxygens (including phenoxy) is 1. The van der Waals surface area contributed by atoms with E-state index in [9.17, 15) is 0 Å². The van der Waals surface area contributed by atoms with E-state index in [2.05, 4.69) is 4.98 Å². The van der Waals surface area contributed by atoms with Crippen molar-refractivity contribution in [3.63, 3.8) is 0 Å². The van der Waals surface area contributed by atoms with E-state index in [-0.39, 0.29) is 0 Å². The van der Waals surface area contributed by atoms with Crippen LogP contribution < -0.4 is 4.74 Å². The molecule has 0 aliphatic carbocycles. The molecule has 48 valence electrons. The van der Waals surface area contributed by atoms with Gasteiger partial charge >= 0.3 is 0 Å². The van der Waals surface area contributed by atoms with E-state index in [4.69, 9.17) is 7.48 Å². The molecule has 0 spiro atoms. The fraction of sp³-hybridized carbons (Fsp3) is 0.286. The Morgan fingerprint density at radius 3 is 3.00 bits per heavy atom. The minimum absolute atomic E-state index is 0.509. The lowest BCUT2D eigenvalue weighted by atomic mass is 10.3. The number of rotatable bonds is 1. The molecule has 1 aromatic heterocycles. The Bertz CT molecular complexity index is 222. The van der Waals surface area contributed by atoms with Crippen LogP contribution in [-0.2, 0) is 0 Å². The van der Waals surface area contributed by atoms with Gasteiger partial charge in [0.05, 0.1) is 7.11 Å². The van der Waals surface area contributed by atoms with Crippen LogP contribution in [0.2, 0.25) is 0 Å². The molecule has 1 rings (SSSR count). The summed E-state index contributed by atoms with van der Waals surface area (Å²) in [6, 6.07) is 3.31. The Morgan fingerprint density at radius 1 is 1.67 bits per heavy atom. The number of aromatic nitrogens is 1. The van der Waals surface area contributed by atoms with Crippen LogP contribution in [0.5, 0.6) is 5.88 Å². The van der Waals surface area contributed by atoms with Gasteiger partial charge in [-0.15, -0.1) is 0 Å². The molecule has 0 aromatic carbocycles. The monoisotopic (exact) mass is 125 g/mol. The van der Waals surface area contributed by atoms with Crippen molar-refractivity contribution in [2.75, 3.05) is 7.11 Å². The van der Waals surface area contributed by atoms with Crippen LogP contribution in [0.4, 0.5) is 0 Å². The maximum atomic E-state index is 7.03. The van der Waals surface area contributed by atoms with Gasteiger partial charge in [-0.05, 0) is 12.4 Å². The van der Waals surface area contributed by atoms with Crippen molar-refractivity contribution in [2.24, 2.45) is 0 Å². The third-order valence-corrected chi connectivity index (χ3v) is 0.968. The molecular formula is C7H9NO. The number of nitrogens with zero attached hydrogens (tertiary/aromatic N) is 1. The van der Waals surface area contributed by atoms with E-state index >= 15 is 0 Å². The molecule has 0 amide bonds. The summed E-state index contributed by atoms with van der Waals surface area (Å²) in [5.41, 5.74) is 0.575. The summed E-state index contributed by atoms with van der Waals surface area (Å²) in [6.07, 6.45) is 1.48. The number of pyridine rings is 1. The van der Waals surface area contributed by atoms with Crippen LogP contribution in [0.1, 0.15) is 8.30 Å². The highest BCUT2D eigenvalue weighted by Gasteiger charge is 1.87. The van der Waals surface area contributed by atoms with Crippen LogP contribution in [0.3, 0.4) is 0 Å². The van der Waals surface area contributed by atoms with Crippen molar-refractivity contribution in [1.82, 2.24) is 4.98 Å². The molecule has 0 radical (unpaired) electrons. The van der Waals surface area contributed by atoms with Gasteiger partial charge in [-0.2, -0.15) is 0 Å². The van der Waals surface area contributed by atoms with Gasteiger partial charge in [-0.1, -0.05) is 6.07 Å². The maximum absolute atomic E-state index is 7.03. The number of hydrogen-bond acceptors (Lipinski definition) is 2. The molecule has 0 bridgehead atoms. The van der Waals surface area contributed by atoms with Crippen LogP contribution in [0.15, 0.2) is 18.3 Å². The SMILES string of the molecule is [2H]C([2H])c1ccc(OC)nc1. The van der Waals surface area contributed by atoms with Gasteiger partial charge in [0.2, 0.25) is 5.88 Å². The van der Waals surface area contributed by atoms with Crippen LogP contribution in [0.25, 0.3) is 0 Å². The van der Waals surface area contributed by atoms with E-state index in [1.807, 2.05) is 0 Å². The zero-order chi connectivity index (χ0) is 8.27. The summed E-state index contributed by atoms with van der Waals surface area (Å²) in [4.78, 5) is 3.86. The second-order valence-electron chi connectivity index (χ2n) is 1.63. The van der Waals surface area contributed by atoms with E-state index in [0.29, 0.717) is 11.4 Å². The molecule has 2 nitrogen and oxygen atoms in total. The molecule has 0 fully saturated rings. The molecule has 0 saturated heterocycles. The normalized spacial score (nSPS) is 12.7. The number of aryl methyl sites for hydroxylation is 1. The molecule has 0 aliphatic heterocycles. The Hall–Kier alpha value is -1.05. The zero-order valence-corrected chi connectivity index (χ0v) is 5.16. The largest absolute Gasteiger partial charge is 0.481 e. The van der Waals surface area contributed by atoms with Gasteiger partial charge in [0, 0.05) is 15.0 Å². The summed E-state index contributed by atoms with van der Waals surface area (Å²) in [5, 5.41) is 0. The third kappa shape index (κ3) is 1.42. The molecule has 9 heavy (non-hydrogen) atoms. The highest BCUT2D eigenvalue weighted by molar-refractivity contribution is 5.15. The highest BCUT2D eigenvalue weighted by atomic mass is 16.5. The lowest BCUT2D eigenvalue weighted by Crippen LogP contribution is -1.85. The zero-order valence-electron chi connectivity index (χ0n) is 7.16. The Morgan fingerprint density at radius 2 is 2.56 bits per heavy atom. The summed E-state index contributed by atoms with van der Waals surface area (Å²) in [7, 11) is 1.53. The predicted octanol–water partition coefficient (Wildman–Crippen LogP) is 1.40. The van der Waals surface area contributed by atoms with Gasteiger partial charge in [-0.25, -0.2) is 4.98 Å². The van der Waals surface area contributed by atoms with Gasteiger partial charge in [0.1, 0.15) is 0 Å². The fourth-order valence-electron chi connectivity index (χ4n) is 0.512. The second kappa shape index (κ2) is 2.49. The fourth-order valence-corrected chi connectivity index (χ4v) is 0.512. The number of hydrogen-bond donors (Lipinski definition) is 0. The lowest BCUT2D eigenvalue weighted by Gasteiger charge is -1.95. The molecule has 0 aliphatic rings. The van der Waals surface area contributed by atoms with E-state index in [1.165, 1.54) is 13.3 Å². The number of methoxy groups -OCH3 is 1. The molecule has 1 aromatic rings. The quantitative estimate of drug-likeness (QED) is 0.566. The molecule has 0 unspecified atom stereocenters. The average Bonchev–Trinajstić information content (AvgIpc) is 2.05. The minimum Gasteiger partial charge on any atom is -0.481 e. The van der Waals surface area contributed by atoms with Crippen LogP contribution in [-0.4, -0.2) is 12.1 Å². The van der Waals surface area contributed by atoms with Crippen molar-refractivity contribution < 1.29 is 7.48 Å². The first-order valence-corrected chi connectivity index (χ1v) is 2.58. The molecular weight excluding hydrogens is 114 g/mol.